The first-order valence-electron chi connectivity index (χ1n) is 7.30. The van der Waals surface area contributed by atoms with Crippen molar-refractivity contribution in [2.75, 3.05) is 26.7 Å². The van der Waals surface area contributed by atoms with Gasteiger partial charge >= 0.3 is 0 Å². The minimum Gasteiger partial charge on any atom is -0.424 e. The van der Waals surface area contributed by atoms with E-state index in [0.29, 0.717) is 24.7 Å². The molecule has 2 rings (SSSR count). The van der Waals surface area contributed by atoms with Gasteiger partial charge in [-0.3, -0.25) is 4.79 Å². The van der Waals surface area contributed by atoms with Gasteiger partial charge in [0.2, 0.25) is 17.7 Å². The largest absolute Gasteiger partial charge is 0.424 e. The summed E-state index contributed by atoms with van der Waals surface area (Å²) in [4.78, 5) is 16.1. The van der Waals surface area contributed by atoms with Crippen LogP contribution in [0.15, 0.2) is 4.42 Å². The number of aromatic nitrogens is 2. The first-order chi connectivity index (χ1) is 9.54. The second kappa shape index (κ2) is 6.83. The average molecular weight is 280 g/mol. The van der Waals surface area contributed by atoms with E-state index in [9.17, 15) is 4.79 Å². The molecule has 20 heavy (non-hydrogen) atoms. The quantitative estimate of drug-likeness (QED) is 0.817. The van der Waals surface area contributed by atoms with Crippen molar-refractivity contribution in [2.45, 2.75) is 39.7 Å². The van der Waals surface area contributed by atoms with Crippen LogP contribution < -0.4 is 0 Å². The zero-order valence-electron chi connectivity index (χ0n) is 12.6. The number of rotatable bonds is 5. The van der Waals surface area contributed by atoms with Crippen LogP contribution >= 0.6 is 0 Å². The zero-order chi connectivity index (χ0) is 14.5. The molecule has 0 saturated carbocycles. The Kier molecular flexibility index (Phi) is 5.11. The molecule has 6 nitrogen and oxygen atoms in total. The molecule has 112 valence electrons. The number of hydrogen-bond acceptors (Lipinski definition) is 5. The van der Waals surface area contributed by atoms with E-state index in [1.54, 1.807) is 18.9 Å². The zero-order valence-corrected chi connectivity index (χ0v) is 12.6. The molecule has 1 fully saturated rings. The highest BCUT2D eigenvalue weighted by Gasteiger charge is 2.18. The van der Waals surface area contributed by atoms with E-state index < -0.39 is 0 Å². The Hall–Kier alpha value is -1.43. The molecule has 0 aliphatic carbocycles. The molecule has 1 aliphatic rings. The van der Waals surface area contributed by atoms with Crippen LogP contribution in [0.25, 0.3) is 0 Å². The monoisotopic (exact) mass is 280 g/mol. The van der Waals surface area contributed by atoms with Crippen LogP contribution in [0.5, 0.6) is 0 Å². The van der Waals surface area contributed by atoms with Gasteiger partial charge in [0.15, 0.2) is 0 Å². The normalized spacial score (nSPS) is 20.1. The van der Waals surface area contributed by atoms with Crippen LogP contribution in [-0.4, -0.2) is 52.6 Å². The third kappa shape index (κ3) is 4.30. The second-order valence-corrected chi connectivity index (χ2v) is 5.76. The summed E-state index contributed by atoms with van der Waals surface area (Å²) in [6, 6.07) is 0. The fraction of sp³-hybridized carbons (Fsp3) is 0.786. The van der Waals surface area contributed by atoms with Gasteiger partial charge in [0.05, 0.1) is 6.54 Å². The van der Waals surface area contributed by atoms with Gasteiger partial charge in [-0.2, -0.15) is 0 Å². The molecule has 0 bridgehead atoms. The van der Waals surface area contributed by atoms with E-state index in [0.717, 1.165) is 25.6 Å². The molecule has 1 saturated heterocycles. The molecule has 0 unspecified atom stereocenters. The van der Waals surface area contributed by atoms with E-state index in [1.165, 1.54) is 12.8 Å². The number of carbonyl (C=O) groups is 1. The van der Waals surface area contributed by atoms with Crippen molar-refractivity contribution in [3.8, 4) is 0 Å². The predicted molar refractivity (Wildman–Crippen MR) is 75.0 cm³/mol. The van der Waals surface area contributed by atoms with Crippen molar-refractivity contribution in [1.82, 2.24) is 20.0 Å². The van der Waals surface area contributed by atoms with Gasteiger partial charge in [0.25, 0.3) is 0 Å². The van der Waals surface area contributed by atoms with Crippen LogP contribution in [0.2, 0.25) is 0 Å². The fourth-order valence-electron chi connectivity index (χ4n) is 2.63. The van der Waals surface area contributed by atoms with Gasteiger partial charge in [-0.1, -0.05) is 6.92 Å². The van der Waals surface area contributed by atoms with Crippen LogP contribution in [0.4, 0.5) is 0 Å². The number of carbonyl (C=O) groups excluding carboxylic acids is 1. The van der Waals surface area contributed by atoms with E-state index in [-0.39, 0.29) is 5.91 Å². The third-order valence-corrected chi connectivity index (χ3v) is 3.75. The first kappa shape index (κ1) is 15.0. The smallest absolute Gasteiger partial charge is 0.235 e. The number of hydrogen-bond donors (Lipinski definition) is 0. The maximum atomic E-state index is 12.1. The predicted octanol–water partition coefficient (Wildman–Crippen LogP) is 1.46. The lowest BCUT2D eigenvalue weighted by molar-refractivity contribution is -0.131. The second-order valence-electron chi connectivity index (χ2n) is 5.76. The molecule has 1 atom stereocenters. The summed E-state index contributed by atoms with van der Waals surface area (Å²) in [5.41, 5.74) is 0. The minimum absolute atomic E-state index is 0.124. The van der Waals surface area contributed by atoms with E-state index in [1.807, 2.05) is 0 Å². The molecule has 0 N–H and O–H groups in total. The Morgan fingerprint density at radius 2 is 2.30 bits per heavy atom. The van der Waals surface area contributed by atoms with Gasteiger partial charge < -0.3 is 14.2 Å². The van der Waals surface area contributed by atoms with Crippen LogP contribution in [-0.2, 0) is 11.3 Å². The van der Waals surface area contributed by atoms with Crippen LogP contribution in [0, 0.1) is 12.8 Å². The Balaban J connectivity index is 1.73. The topological polar surface area (TPSA) is 62.5 Å². The van der Waals surface area contributed by atoms with Crippen LogP contribution in [0.1, 0.15) is 38.0 Å². The summed E-state index contributed by atoms with van der Waals surface area (Å²) in [6.07, 6.45) is 3.10. The summed E-state index contributed by atoms with van der Waals surface area (Å²) in [6.45, 7) is 7.48. The highest BCUT2D eigenvalue weighted by Crippen LogP contribution is 2.15. The van der Waals surface area contributed by atoms with E-state index >= 15 is 0 Å². The van der Waals surface area contributed by atoms with Gasteiger partial charge in [-0.15, -0.1) is 10.2 Å². The molecule has 0 spiro atoms. The minimum atomic E-state index is 0.124. The summed E-state index contributed by atoms with van der Waals surface area (Å²) < 4.78 is 5.29. The SMILES string of the molecule is Cc1nnc(CN(C)C(=O)CCN2CCC[C@H](C)C2)o1. The highest BCUT2D eigenvalue weighted by molar-refractivity contribution is 5.75. The summed E-state index contributed by atoms with van der Waals surface area (Å²) in [5.74, 6) is 1.89. The molecule has 1 amide bonds. The number of nitrogens with zero attached hydrogens (tertiary/aromatic N) is 4. The van der Waals surface area contributed by atoms with Crippen molar-refractivity contribution in [1.29, 1.82) is 0 Å². The van der Waals surface area contributed by atoms with Crippen LogP contribution in [0.3, 0.4) is 0 Å². The Morgan fingerprint density at radius 1 is 1.50 bits per heavy atom. The van der Waals surface area contributed by atoms with E-state index in [2.05, 4.69) is 22.0 Å². The molecule has 1 aromatic rings. The van der Waals surface area contributed by atoms with Crippen molar-refractivity contribution in [2.24, 2.45) is 5.92 Å². The van der Waals surface area contributed by atoms with Gasteiger partial charge in [0, 0.05) is 33.5 Å². The average Bonchev–Trinajstić information content (AvgIpc) is 2.81. The molecular weight excluding hydrogens is 256 g/mol. The Labute approximate surface area is 120 Å². The highest BCUT2D eigenvalue weighted by atomic mass is 16.4. The molecule has 1 aliphatic heterocycles. The fourth-order valence-corrected chi connectivity index (χ4v) is 2.63. The lowest BCUT2D eigenvalue weighted by Crippen LogP contribution is -2.37. The van der Waals surface area contributed by atoms with E-state index in [4.69, 9.17) is 4.42 Å². The maximum absolute atomic E-state index is 12.1. The Bertz CT molecular complexity index is 446. The summed E-state index contributed by atoms with van der Waals surface area (Å²) >= 11 is 0. The first-order valence-corrected chi connectivity index (χ1v) is 7.30. The van der Waals surface area contributed by atoms with Crippen molar-refractivity contribution in [3.63, 3.8) is 0 Å². The number of likely N-dealkylation sites (tertiary alicyclic amines) is 1. The lowest BCUT2D eigenvalue weighted by Gasteiger charge is -2.30. The summed E-state index contributed by atoms with van der Waals surface area (Å²) in [7, 11) is 1.78. The number of aryl methyl sites for hydroxylation is 1. The number of piperidine rings is 1. The molecule has 1 aromatic heterocycles. The third-order valence-electron chi connectivity index (χ3n) is 3.75. The standard InChI is InChI=1S/C14H24N4O2/c1-11-5-4-7-18(9-11)8-6-14(19)17(3)10-13-16-15-12(2)20-13/h11H,4-10H2,1-3H3/t11-/m0/s1. The molecule has 0 aromatic carbocycles. The molecule has 2 heterocycles. The molecule has 0 radical (unpaired) electrons. The van der Waals surface area contributed by atoms with Crippen molar-refractivity contribution >= 4 is 5.91 Å². The molecular formula is C14H24N4O2. The lowest BCUT2D eigenvalue weighted by atomic mass is 10.0. The Morgan fingerprint density at radius 3 is 2.95 bits per heavy atom. The van der Waals surface area contributed by atoms with Gasteiger partial charge in [0.1, 0.15) is 0 Å². The van der Waals surface area contributed by atoms with Gasteiger partial charge in [-0.25, -0.2) is 0 Å². The molecule has 6 heteroatoms. The van der Waals surface area contributed by atoms with Gasteiger partial charge in [-0.05, 0) is 25.3 Å². The number of amides is 1. The maximum Gasteiger partial charge on any atom is 0.235 e. The summed E-state index contributed by atoms with van der Waals surface area (Å²) in [5, 5.41) is 7.67. The van der Waals surface area contributed by atoms with Crippen molar-refractivity contribution < 1.29 is 9.21 Å². The van der Waals surface area contributed by atoms with Crippen molar-refractivity contribution in [3.05, 3.63) is 11.8 Å².